The Hall–Kier alpha value is -2.28. The lowest BCUT2D eigenvalue weighted by atomic mass is 10.1. The lowest BCUT2D eigenvalue weighted by Gasteiger charge is -2.13. The van der Waals surface area contributed by atoms with Crippen molar-refractivity contribution in [2.75, 3.05) is 19.5 Å². The predicted octanol–water partition coefficient (Wildman–Crippen LogP) is 1.30. The molecular formula is C14H18ClN3O4. The SMILES string of the molecule is CNC(=O)CCCC(=O)Nc1cc(Cl)cc(C(N)=O)c1OC. The molecule has 120 valence electrons. The standard InChI is InChI=1S/C14H18ClN3O4/c1-17-11(19)4-3-5-12(20)18-10-7-8(15)6-9(14(16)21)13(10)22-2/h6-7H,3-5H2,1-2H3,(H2,16,21)(H,17,19)(H,18,20). The van der Waals surface area contributed by atoms with Gasteiger partial charge in [0.05, 0.1) is 18.4 Å². The third-order valence-electron chi connectivity index (χ3n) is 2.88. The van der Waals surface area contributed by atoms with E-state index < -0.39 is 5.91 Å². The largest absolute Gasteiger partial charge is 0.494 e. The molecule has 1 rings (SSSR count). The fourth-order valence-corrected chi connectivity index (χ4v) is 2.05. The number of nitrogens with two attached hydrogens (primary N) is 1. The number of primary amides is 1. The van der Waals surface area contributed by atoms with E-state index in [0.717, 1.165) is 0 Å². The average Bonchev–Trinajstić information content (AvgIpc) is 2.46. The van der Waals surface area contributed by atoms with Crippen molar-refractivity contribution in [1.82, 2.24) is 5.32 Å². The lowest BCUT2D eigenvalue weighted by molar-refractivity contribution is -0.120. The molecule has 0 radical (unpaired) electrons. The Labute approximate surface area is 133 Å². The molecule has 0 aromatic heterocycles. The number of nitrogens with one attached hydrogen (secondary N) is 2. The monoisotopic (exact) mass is 327 g/mol. The molecule has 0 heterocycles. The zero-order valence-corrected chi connectivity index (χ0v) is 13.1. The van der Waals surface area contributed by atoms with Crippen molar-refractivity contribution >= 4 is 35.0 Å². The number of halogens is 1. The maximum absolute atomic E-state index is 11.9. The van der Waals surface area contributed by atoms with E-state index in [9.17, 15) is 14.4 Å². The molecule has 22 heavy (non-hydrogen) atoms. The third-order valence-corrected chi connectivity index (χ3v) is 3.10. The minimum atomic E-state index is -0.713. The van der Waals surface area contributed by atoms with Crippen molar-refractivity contribution in [1.29, 1.82) is 0 Å². The summed E-state index contributed by atoms with van der Waals surface area (Å²) in [4.78, 5) is 34.3. The number of carbonyl (C=O) groups excluding carboxylic acids is 3. The van der Waals surface area contributed by atoms with Crippen LogP contribution in [0.5, 0.6) is 5.75 Å². The molecule has 3 amide bonds. The Morgan fingerprint density at radius 3 is 2.41 bits per heavy atom. The summed E-state index contributed by atoms with van der Waals surface area (Å²) < 4.78 is 5.12. The second kappa shape index (κ2) is 8.23. The lowest BCUT2D eigenvalue weighted by Crippen LogP contribution is -2.19. The van der Waals surface area contributed by atoms with E-state index in [4.69, 9.17) is 22.1 Å². The summed E-state index contributed by atoms with van der Waals surface area (Å²) in [7, 11) is 2.89. The van der Waals surface area contributed by atoms with Crippen LogP contribution in [0.25, 0.3) is 0 Å². The third kappa shape index (κ3) is 4.92. The molecule has 1 aromatic rings. The number of methoxy groups -OCH3 is 1. The summed E-state index contributed by atoms with van der Waals surface area (Å²) in [5, 5.41) is 5.32. The van der Waals surface area contributed by atoms with Crippen molar-refractivity contribution in [3.8, 4) is 5.75 Å². The average molecular weight is 328 g/mol. The molecule has 4 N–H and O–H groups in total. The van der Waals surface area contributed by atoms with Crippen LogP contribution in [0.2, 0.25) is 5.02 Å². The van der Waals surface area contributed by atoms with E-state index in [2.05, 4.69) is 10.6 Å². The smallest absolute Gasteiger partial charge is 0.252 e. The summed E-state index contributed by atoms with van der Waals surface area (Å²) in [5.74, 6) is -1.02. The van der Waals surface area contributed by atoms with Crippen molar-refractivity contribution in [3.63, 3.8) is 0 Å². The first-order valence-corrected chi connectivity index (χ1v) is 6.94. The van der Waals surface area contributed by atoms with Crippen molar-refractivity contribution in [2.24, 2.45) is 5.73 Å². The van der Waals surface area contributed by atoms with E-state index in [1.807, 2.05) is 0 Å². The van der Waals surface area contributed by atoms with Gasteiger partial charge in [0.2, 0.25) is 11.8 Å². The Kier molecular flexibility index (Phi) is 6.65. The minimum Gasteiger partial charge on any atom is -0.494 e. The van der Waals surface area contributed by atoms with E-state index in [1.165, 1.54) is 26.3 Å². The molecular weight excluding hydrogens is 310 g/mol. The molecule has 1 aromatic carbocycles. The van der Waals surface area contributed by atoms with Crippen molar-refractivity contribution in [2.45, 2.75) is 19.3 Å². The van der Waals surface area contributed by atoms with E-state index in [1.54, 1.807) is 0 Å². The fraction of sp³-hybridized carbons (Fsp3) is 0.357. The second-order valence-corrected chi connectivity index (χ2v) is 4.91. The topological polar surface area (TPSA) is 111 Å². The van der Waals surface area contributed by atoms with E-state index in [-0.39, 0.29) is 46.7 Å². The van der Waals surface area contributed by atoms with Gasteiger partial charge in [-0.3, -0.25) is 14.4 Å². The highest BCUT2D eigenvalue weighted by atomic mass is 35.5. The minimum absolute atomic E-state index is 0.0793. The van der Waals surface area contributed by atoms with Gasteiger partial charge in [0, 0.05) is 24.9 Å². The molecule has 0 saturated heterocycles. The molecule has 8 heteroatoms. The van der Waals surface area contributed by atoms with Gasteiger partial charge in [0.1, 0.15) is 0 Å². The number of amides is 3. The van der Waals surface area contributed by atoms with Crippen LogP contribution in [-0.4, -0.2) is 31.9 Å². The molecule has 0 atom stereocenters. The number of rotatable bonds is 7. The molecule has 0 aliphatic heterocycles. The summed E-state index contributed by atoms with van der Waals surface area (Å²) in [6.45, 7) is 0. The van der Waals surface area contributed by atoms with Crippen LogP contribution in [-0.2, 0) is 9.59 Å². The first-order valence-electron chi connectivity index (χ1n) is 6.56. The summed E-state index contributed by atoms with van der Waals surface area (Å²) in [6, 6.07) is 2.83. The van der Waals surface area contributed by atoms with Gasteiger partial charge in [-0.15, -0.1) is 0 Å². The summed E-state index contributed by atoms with van der Waals surface area (Å²) in [6.07, 6.45) is 0.801. The van der Waals surface area contributed by atoms with Gasteiger partial charge in [-0.05, 0) is 18.6 Å². The summed E-state index contributed by atoms with van der Waals surface area (Å²) in [5.41, 5.74) is 5.59. The number of anilines is 1. The first kappa shape index (κ1) is 17.8. The van der Waals surface area contributed by atoms with Gasteiger partial charge in [-0.1, -0.05) is 11.6 Å². The molecule has 0 unspecified atom stereocenters. The van der Waals surface area contributed by atoms with Gasteiger partial charge in [0.25, 0.3) is 5.91 Å². The molecule has 7 nitrogen and oxygen atoms in total. The number of ether oxygens (including phenoxy) is 1. The molecule has 0 saturated carbocycles. The number of hydrogen-bond acceptors (Lipinski definition) is 4. The van der Waals surface area contributed by atoms with Gasteiger partial charge >= 0.3 is 0 Å². The Morgan fingerprint density at radius 2 is 1.86 bits per heavy atom. The molecule has 0 aliphatic carbocycles. The molecule has 0 aliphatic rings. The molecule has 0 spiro atoms. The zero-order valence-electron chi connectivity index (χ0n) is 12.4. The predicted molar refractivity (Wildman–Crippen MR) is 83.1 cm³/mol. The highest BCUT2D eigenvalue weighted by Gasteiger charge is 2.17. The first-order chi connectivity index (χ1) is 10.4. The van der Waals surface area contributed by atoms with Crippen LogP contribution in [0.1, 0.15) is 29.6 Å². The van der Waals surface area contributed by atoms with E-state index >= 15 is 0 Å². The van der Waals surface area contributed by atoms with Crippen molar-refractivity contribution < 1.29 is 19.1 Å². The number of carbonyl (C=O) groups is 3. The highest BCUT2D eigenvalue weighted by molar-refractivity contribution is 6.31. The fourth-order valence-electron chi connectivity index (χ4n) is 1.84. The van der Waals surface area contributed by atoms with Gasteiger partial charge in [0.15, 0.2) is 5.75 Å². The molecule has 0 fully saturated rings. The zero-order chi connectivity index (χ0) is 16.7. The number of benzene rings is 1. The highest BCUT2D eigenvalue weighted by Crippen LogP contribution is 2.32. The van der Waals surface area contributed by atoms with Crippen LogP contribution < -0.4 is 21.1 Å². The van der Waals surface area contributed by atoms with Gasteiger partial charge in [-0.2, -0.15) is 0 Å². The van der Waals surface area contributed by atoms with E-state index in [0.29, 0.717) is 6.42 Å². The Morgan fingerprint density at radius 1 is 1.23 bits per heavy atom. The van der Waals surface area contributed by atoms with Crippen LogP contribution in [0.3, 0.4) is 0 Å². The van der Waals surface area contributed by atoms with Gasteiger partial charge < -0.3 is 21.1 Å². The second-order valence-electron chi connectivity index (χ2n) is 4.47. The van der Waals surface area contributed by atoms with Crippen LogP contribution in [0, 0.1) is 0 Å². The summed E-state index contributed by atoms with van der Waals surface area (Å²) >= 11 is 5.90. The van der Waals surface area contributed by atoms with Crippen LogP contribution >= 0.6 is 11.6 Å². The number of hydrogen-bond donors (Lipinski definition) is 3. The molecule has 0 bridgehead atoms. The van der Waals surface area contributed by atoms with Crippen LogP contribution in [0.4, 0.5) is 5.69 Å². The van der Waals surface area contributed by atoms with Crippen molar-refractivity contribution in [3.05, 3.63) is 22.7 Å². The maximum Gasteiger partial charge on any atom is 0.252 e. The Bertz CT molecular complexity index is 590. The maximum atomic E-state index is 11.9. The normalized spacial score (nSPS) is 9.95. The Balaban J connectivity index is 2.82. The quantitative estimate of drug-likeness (QED) is 0.701. The van der Waals surface area contributed by atoms with Gasteiger partial charge in [-0.25, -0.2) is 0 Å². The van der Waals surface area contributed by atoms with Crippen LogP contribution in [0.15, 0.2) is 12.1 Å².